The molecular formula is C18H28N4O3. The Hall–Kier alpha value is -1.89. The van der Waals surface area contributed by atoms with Gasteiger partial charge in [0.15, 0.2) is 0 Å². The first-order valence-electron chi connectivity index (χ1n) is 9.38. The lowest BCUT2D eigenvalue weighted by atomic mass is 9.95. The van der Waals surface area contributed by atoms with Crippen LogP contribution in [0, 0.1) is 5.92 Å². The van der Waals surface area contributed by atoms with Crippen LogP contribution in [0.4, 0.5) is 5.69 Å². The number of piperidine rings is 1. The first-order chi connectivity index (χ1) is 12.2. The molecule has 2 aliphatic rings. The lowest BCUT2D eigenvalue weighted by molar-refractivity contribution is -0.135. The lowest BCUT2D eigenvalue weighted by Gasteiger charge is -2.31. The summed E-state index contributed by atoms with van der Waals surface area (Å²) in [5.74, 6) is 0.188. The highest BCUT2D eigenvalue weighted by atomic mass is 16.5. The molecule has 0 radical (unpaired) electrons. The van der Waals surface area contributed by atoms with E-state index in [1.807, 2.05) is 18.0 Å². The second kappa shape index (κ2) is 8.47. The van der Waals surface area contributed by atoms with Crippen molar-refractivity contribution in [2.24, 2.45) is 5.92 Å². The number of carbonyl (C=O) groups is 2. The van der Waals surface area contributed by atoms with Gasteiger partial charge in [-0.15, -0.1) is 0 Å². The minimum absolute atomic E-state index is 0.0297. The van der Waals surface area contributed by atoms with E-state index in [-0.39, 0.29) is 23.8 Å². The lowest BCUT2D eigenvalue weighted by Crippen LogP contribution is -2.41. The fourth-order valence-electron chi connectivity index (χ4n) is 3.55. The standard InChI is InChI=1S/C18H28N4O3/c1-2-22-13-15(12-19-22)20-18(24)14-7-9-21(10-8-14)17(23)6-5-16-4-3-11-25-16/h12-14,16H,2-11H2,1H3,(H,20,24)/t16-/m1/s1. The molecule has 1 aromatic rings. The highest BCUT2D eigenvalue weighted by Crippen LogP contribution is 2.22. The second-order valence-corrected chi connectivity index (χ2v) is 6.90. The predicted octanol–water partition coefficient (Wildman–Crippen LogP) is 2.04. The average Bonchev–Trinajstić information content (AvgIpc) is 3.31. The number of rotatable bonds is 6. The highest BCUT2D eigenvalue weighted by molar-refractivity contribution is 5.92. The van der Waals surface area contributed by atoms with E-state index in [0.29, 0.717) is 19.5 Å². The van der Waals surface area contributed by atoms with Crippen molar-refractivity contribution < 1.29 is 14.3 Å². The van der Waals surface area contributed by atoms with Crippen LogP contribution < -0.4 is 5.32 Å². The van der Waals surface area contributed by atoms with E-state index in [9.17, 15) is 9.59 Å². The molecule has 0 saturated carbocycles. The molecule has 25 heavy (non-hydrogen) atoms. The number of nitrogens with zero attached hydrogens (tertiary/aromatic N) is 3. The van der Waals surface area contributed by atoms with Crippen LogP contribution in [0.2, 0.25) is 0 Å². The van der Waals surface area contributed by atoms with E-state index < -0.39 is 0 Å². The molecular weight excluding hydrogens is 320 g/mol. The molecule has 0 unspecified atom stereocenters. The Morgan fingerprint density at radius 3 is 2.76 bits per heavy atom. The summed E-state index contributed by atoms with van der Waals surface area (Å²) in [7, 11) is 0. The van der Waals surface area contributed by atoms with Gasteiger partial charge in [0.2, 0.25) is 11.8 Å². The van der Waals surface area contributed by atoms with Gasteiger partial charge in [-0.2, -0.15) is 5.10 Å². The van der Waals surface area contributed by atoms with Gasteiger partial charge in [-0.05, 0) is 39.0 Å². The number of carbonyl (C=O) groups excluding carboxylic acids is 2. The summed E-state index contributed by atoms with van der Waals surface area (Å²) in [6.07, 6.45) is 8.77. The molecule has 1 atom stereocenters. The van der Waals surface area contributed by atoms with Gasteiger partial charge in [0.1, 0.15) is 0 Å². The largest absolute Gasteiger partial charge is 0.378 e. The third kappa shape index (κ3) is 4.81. The molecule has 3 heterocycles. The molecule has 0 aromatic carbocycles. The number of ether oxygens (including phenoxy) is 1. The molecule has 2 amide bonds. The molecule has 0 aliphatic carbocycles. The number of aromatic nitrogens is 2. The normalized spacial score (nSPS) is 21.5. The Bertz CT molecular complexity index is 587. The maximum Gasteiger partial charge on any atom is 0.227 e. The summed E-state index contributed by atoms with van der Waals surface area (Å²) >= 11 is 0. The van der Waals surface area contributed by atoms with Crippen LogP contribution in [0.5, 0.6) is 0 Å². The maximum atomic E-state index is 12.4. The van der Waals surface area contributed by atoms with Crippen molar-refractivity contribution in [1.82, 2.24) is 14.7 Å². The van der Waals surface area contributed by atoms with Crippen LogP contribution in [0.25, 0.3) is 0 Å². The smallest absolute Gasteiger partial charge is 0.227 e. The molecule has 2 saturated heterocycles. The van der Waals surface area contributed by atoms with Gasteiger partial charge >= 0.3 is 0 Å². The van der Waals surface area contributed by atoms with E-state index in [1.165, 1.54) is 0 Å². The van der Waals surface area contributed by atoms with E-state index in [4.69, 9.17) is 4.74 Å². The molecule has 2 aliphatic heterocycles. The van der Waals surface area contributed by atoms with E-state index in [0.717, 1.165) is 50.9 Å². The Balaban J connectivity index is 1.39. The molecule has 7 heteroatoms. The molecule has 0 bridgehead atoms. The van der Waals surface area contributed by atoms with E-state index >= 15 is 0 Å². The summed E-state index contributed by atoms with van der Waals surface area (Å²) in [5, 5.41) is 7.09. The van der Waals surface area contributed by atoms with Crippen molar-refractivity contribution in [2.45, 2.75) is 58.1 Å². The topological polar surface area (TPSA) is 76.5 Å². The quantitative estimate of drug-likeness (QED) is 0.853. The average molecular weight is 348 g/mol. The van der Waals surface area contributed by atoms with Crippen molar-refractivity contribution in [3.8, 4) is 0 Å². The molecule has 2 fully saturated rings. The maximum absolute atomic E-state index is 12.4. The van der Waals surface area contributed by atoms with Gasteiger partial charge < -0.3 is 15.0 Å². The van der Waals surface area contributed by atoms with Crippen LogP contribution in [-0.4, -0.2) is 52.3 Å². The van der Waals surface area contributed by atoms with Gasteiger partial charge in [-0.1, -0.05) is 0 Å². The monoisotopic (exact) mass is 348 g/mol. The molecule has 1 N–H and O–H groups in total. The number of anilines is 1. The molecule has 138 valence electrons. The number of likely N-dealkylation sites (tertiary alicyclic amines) is 1. The van der Waals surface area contributed by atoms with Crippen LogP contribution in [0.1, 0.15) is 45.4 Å². The van der Waals surface area contributed by atoms with Crippen LogP contribution in [0.3, 0.4) is 0 Å². The summed E-state index contributed by atoms with van der Waals surface area (Å²) < 4.78 is 7.36. The zero-order chi connectivity index (χ0) is 17.6. The van der Waals surface area contributed by atoms with Gasteiger partial charge in [0, 0.05) is 44.8 Å². The van der Waals surface area contributed by atoms with Crippen LogP contribution in [-0.2, 0) is 20.9 Å². The third-order valence-corrected chi connectivity index (χ3v) is 5.15. The first kappa shape index (κ1) is 17.9. The minimum atomic E-state index is -0.0350. The van der Waals surface area contributed by atoms with Crippen LogP contribution in [0.15, 0.2) is 12.4 Å². The second-order valence-electron chi connectivity index (χ2n) is 6.90. The molecule has 7 nitrogen and oxygen atoms in total. The van der Waals surface area contributed by atoms with Crippen molar-refractivity contribution >= 4 is 17.5 Å². The zero-order valence-electron chi connectivity index (χ0n) is 14.9. The first-order valence-corrected chi connectivity index (χ1v) is 9.38. The third-order valence-electron chi connectivity index (χ3n) is 5.15. The Labute approximate surface area is 148 Å². The number of hydrogen-bond donors (Lipinski definition) is 1. The van der Waals surface area contributed by atoms with Crippen LogP contribution >= 0.6 is 0 Å². The van der Waals surface area contributed by atoms with Gasteiger partial charge in [-0.25, -0.2) is 0 Å². The number of nitrogens with one attached hydrogen (secondary N) is 1. The molecule has 1 aromatic heterocycles. The molecule has 3 rings (SSSR count). The Morgan fingerprint density at radius 2 is 2.12 bits per heavy atom. The predicted molar refractivity (Wildman–Crippen MR) is 94.0 cm³/mol. The fraction of sp³-hybridized carbons (Fsp3) is 0.722. The Morgan fingerprint density at radius 1 is 1.32 bits per heavy atom. The Kier molecular flexibility index (Phi) is 6.07. The van der Waals surface area contributed by atoms with Gasteiger partial charge in [0.25, 0.3) is 0 Å². The van der Waals surface area contributed by atoms with Crippen molar-refractivity contribution in [1.29, 1.82) is 0 Å². The summed E-state index contributed by atoms with van der Waals surface area (Å²) in [4.78, 5) is 26.6. The fourth-order valence-corrected chi connectivity index (χ4v) is 3.55. The number of aryl methyl sites for hydroxylation is 1. The van der Waals surface area contributed by atoms with Crippen molar-refractivity contribution in [3.05, 3.63) is 12.4 Å². The SMILES string of the molecule is CCn1cc(NC(=O)C2CCN(C(=O)CC[C@H]3CCCO3)CC2)cn1. The van der Waals surface area contributed by atoms with E-state index in [1.54, 1.807) is 10.9 Å². The summed E-state index contributed by atoms with van der Waals surface area (Å²) in [6, 6.07) is 0. The molecule has 0 spiro atoms. The highest BCUT2D eigenvalue weighted by Gasteiger charge is 2.28. The van der Waals surface area contributed by atoms with Gasteiger partial charge in [-0.3, -0.25) is 14.3 Å². The summed E-state index contributed by atoms with van der Waals surface area (Å²) in [5.41, 5.74) is 0.738. The van der Waals surface area contributed by atoms with Gasteiger partial charge in [0.05, 0.1) is 18.0 Å². The van der Waals surface area contributed by atoms with Crippen molar-refractivity contribution in [3.63, 3.8) is 0 Å². The zero-order valence-corrected chi connectivity index (χ0v) is 14.9. The van der Waals surface area contributed by atoms with Crippen molar-refractivity contribution in [2.75, 3.05) is 25.0 Å². The number of hydrogen-bond acceptors (Lipinski definition) is 4. The minimum Gasteiger partial charge on any atom is -0.378 e. The van der Waals surface area contributed by atoms with E-state index in [2.05, 4.69) is 10.4 Å². The number of amides is 2. The summed E-state index contributed by atoms with van der Waals surface area (Å²) in [6.45, 7) is 4.94.